The monoisotopic (exact) mass is 294 g/mol. The van der Waals surface area contributed by atoms with Crippen LogP contribution in [0.4, 0.5) is 0 Å². The van der Waals surface area contributed by atoms with Crippen LogP contribution in [-0.4, -0.2) is 0 Å². The maximum Gasteiger partial charge on any atom is -0.00897 e. The van der Waals surface area contributed by atoms with Gasteiger partial charge in [0.2, 0.25) is 0 Å². The Morgan fingerprint density at radius 1 is 1.00 bits per heavy atom. The van der Waals surface area contributed by atoms with E-state index in [-0.39, 0.29) is 0 Å². The Balaban J connectivity index is 2.41. The molecule has 0 spiro atoms. The normalized spacial score (nSPS) is 11.2. The highest BCUT2D eigenvalue weighted by molar-refractivity contribution is 14.1. The van der Waals surface area contributed by atoms with Crippen molar-refractivity contribution in [3.05, 3.63) is 58.2 Å². The Labute approximate surface area is 97.8 Å². The van der Waals surface area contributed by atoms with Crippen molar-refractivity contribution in [2.24, 2.45) is 0 Å². The van der Waals surface area contributed by atoms with Gasteiger partial charge in [-0.15, -0.1) is 0 Å². The summed E-state index contributed by atoms with van der Waals surface area (Å²) in [6, 6.07) is 15.1. The first kappa shape index (κ1) is 9.71. The maximum absolute atomic E-state index is 2.26. The van der Waals surface area contributed by atoms with Crippen LogP contribution in [0, 0.1) is 0 Å². The van der Waals surface area contributed by atoms with Gasteiger partial charge in [-0.2, -0.15) is 0 Å². The second-order valence-corrected chi connectivity index (χ2v) is 3.97. The number of hydrogen-bond donors (Lipinski definition) is 0. The number of halogens is 1. The lowest BCUT2D eigenvalue weighted by atomic mass is 10.1. The summed E-state index contributed by atoms with van der Waals surface area (Å²) in [5.74, 6) is 0. The lowest BCUT2D eigenvalue weighted by molar-refractivity contribution is 1.29. The lowest BCUT2D eigenvalue weighted by Gasteiger charge is -2.00. The van der Waals surface area contributed by atoms with Gasteiger partial charge in [-0.1, -0.05) is 71.1 Å². The van der Waals surface area contributed by atoms with Crippen LogP contribution >= 0.6 is 22.6 Å². The van der Waals surface area contributed by atoms with Crippen LogP contribution in [0.1, 0.15) is 5.56 Å². The smallest absolute Gasteiger partial charge is 0.00897 e. The second-order valence-electron chi connectivity index (χ2n) is 3.25. The molecule has 14 heavy (non-hydrogen) atoms. The number of rotatable bonds is 2. The van der Waals surface area contributed by atoms with Crippen LogP contribution in [-0.2, 0) is 6.42 Å². The van der Waals surface area contributed by atoms with Gasteiger partial charge in [0.15, 0.2) is 0 Å². The molecular formula is C13H11I. The topological polar surface area (TPSA) is 0 Å². The van der Waals surface area contributed by atoms with Crippen molar-refractivity contribution in [1.29, 1.82) is 0 Å². The average molecular weight is 294 g/mol. The molecule has 0 saturated heterocycles. The van der Waals surface area contributed by atoms with E-state index in [9.17, 15) is 0 Å². The minimum Gasteiger partial charge on any atom is -0.0741 e. The largest absolute Gasteiger partial charge is 0.0741 e. The molecule has 2 rings (SSSR count). The fourth-order valence-electron chi connectivity index (χ4n) is 1.55. The molecule has 2 aromatic carbocycles. The van der Waals surface area contributed by atoms with Gasteiger partial charge in [0, 0.05) is 0 Å². The quantitative estimate of drug-likeness (QED) is 0.723. The van der Waals surface area contributed by atoms with Gasteiger partial charge in [0.1, 0.15) is 0 Å². The van der Waals surface area contributed by atoms with Crippen molar-refractivity contribution in [2.45, 2.75) is 6.42 Å². The summed E-state index contributed by atoms with van der Waals surface area (Å²) >= 11 is 2.25. The molecule has 0 nitrogen and oxygen atoms in total. The third kappa shape index (κ3) is 2.15. The molecule has 0 amide bonds. The molecule has 0 aliphatic carbocycles. The van der Waals surface area contributed by atoms with Crippen LogP contribution in [0.25, 0.3) is 10.8 Å². The van der Waals surface area contributed by atoms with Crippen molar-refractivity contribution < 1.29 is 0 Å². The molecule has 0 bridgehead atoms. The Bertz CT molecular complexity index is 457. The Morgan fingerprint density at radius 2 is 1.79 bits per heavy atom. The number of hydrogen-bond acceptors (Lipinski definition) is 0. The molecule has 0 atom stereocenters. The van der Waals surface area contributed by atoms with Gasteiger partial charge in [0.25, 0.3) is 0 Å². The van der Waals surface area contributed by atoms with E-state index in [4.69, 9.17) is 0 Å². The number of benzene rings is 2. The zero-order valence-corrected chi connectivity index (χ0v) is 9.94. The zero-order chi connectivity index (χ0) is 9.80. The molecule has 0 fully saturated rings. The summed E-state index contributed by atoms with van der Waals surface area (Å²) in [6.45, 7) is 0. The molecule has 0 saturated carbocycles. The van der Waals surface area contributed by atoms with E-state index >= 15 is 0 Å². The molecular weight excluding hydrogens is 283 g/mol. The summed E-state index contributed by atoms with van der Waals surface area (Å²) < 4.78 is 2.06. The molecule has 0 aliphatic rings. The first-order chi connectivity index (χ1) is 6.90. The van der Waals surface area contributed by atoms with E-state index in [1.165, 1.54) is 16.3 Å². The molecule has 0 aromatic heterocycles. The van der Waals surface area contributed by atoms with Gasteiger partial charge in [-0.3, -0.25) is 0 Å². The Hall–Kier alpha value is -0.830. The van der Waals surface area contributed by atoms with Gasteiger partial charge in [0.05, 0.1) is 0 Å². The van der Waals surface area contributed by atoms with Crippen molar-refractivity contribution in [3.63, 3.8) is 0 Å². The van der Waals surface area contributed by atoms with Crippen molar-refractivity contribution in [3.8, 4) is 0 Å². The maximum atomic E-state index is 2.26. The van der Waals surface area contributed by atoms with E-state index < -0.39 is 0 Å². The van der Waals surface area contributed by atoms with Crippen LogP contribution < -0.4 is 0 Å². The van der Waals surface area contributed by atoms with Gasteiger partial charge < -0.3 is 0 Å². The molecule has 2 aromatic rings. The zero-order valence-electron chi connectivity index (χ0n) is 7.78. The van der Waals surface area contributed by atoms with E-state index in [1.54, 1.807) is 0 Å². The van der Waals surface area contributed by atoms with Crippen LogP contribution in [0.5, 0.6) is 0 Å². The lowest BCUT2D eigenvalue weighted by Crippen LogP contribution is -1.80. The van der Waals surface area contributed by atoms with Crippen LogP contribution in [0.3, 0.4) is 0 Å². The first-order valence-corrected chi connectivity index (χ1v) is 5.87. The van der Waals surface area contributed by atoms with E-state index in [0.29, 0.717) is 0 Å². The molecule has 0 aliphatic heterocycles. The molecule has 0 unspecified atom stereocenters. The first-order valence-electron chi connectivity index (χ1n) is 4.63. The third-order valence-corrected chi connectivity index (χ3v) is 2.77. The van der Waals surface area contributed by atoms with Crippen LogP contribution in [0.2, 0.25) is 0 Å². The molecule has 0 N–H and O–H groups in total. The predicted molar refractivity (Wildman–Crippen MR) is 70.8 cm³/mol. The van der Waals surface area contributed by atoms with Crippen molar-refractivity contribution in [1.82, 2.24) is 0 Å². The Kier molecular flexibility index (Phi) is 3.19. The fourth-order valence-corrected chi connectivity index (χ4v) is 1.80. The van der Waals surface area contributed by atoms with Crippen LogP contribution in [0.15, 0.2) is 52.6 Å². The molecule has 1 heteroatoms. The van der Waals surface area contributed by atoms with Gasteiger partial charge >= 0.3 is 0 Å². The highest BCUT2D eigenvalue weighted by atomic mass is 127. The fraction of sp³-hybridized carbons (Fsp3) is 0.0769. The average Bonchev–Trinajstić information content (AvgIpc) is 2.26. The summed E-state index contributed by atoms with van der Waals surface area (Å²) in [5.41, 5.74) is 1.37. The Morgan fingerprint density at radius 3 is 2.57 bits per heavy atom. The van der Waals surface area contributed by atoms with Crippen molar-refractivity contribution >= 4 is 33.4 Å². The number of allylic oxidation sites excluding steroid dienone is 1. The summed E-state index contributed by atoms with van der Waals surface area (Å²) in [7, 11) is 0. The number of fused-ring (bicyclic) bond motifs is 1. The summed E-state index contributed by atoms with van der Waals surface area (Å²) in [6.07, 6.45) is 3.19. The molecule has 0 heterocycles. The van der Waals surface area contributed by atoms with Crippen molar-refractivity contribution in [2.75, 3.05) is 0 Å². The highest BCUT2D eigenvalue weighted by Gasteiger charge is 1.93. The molecule has 0 radical (unpaired) electrons. The van der Waals surface area contributed by atoms with E-state index in [2.05, 4.69) is 75.2 Å². The SMILES string of the molecule is IC=CCc1ccc2ccccc2c1. The minimum atomic E-state index is 1.02. The molecule has 70 valence electrons. The standard InChI is InChI=1S/C13H11I/c14-9-3-4-11-7-8-12-5-1-2-6-13(12)10-11/h1-3,5-10H,4H2. The van der Waals surface area contributed by atoms with E-state index in [1.807, 2.05) is 0 Å². The highest BCUT2D eigenvalue weighted by Crippen LogP contribution is 2.16. The summed E-state index contributed by atoms with van der Waals surface area (Å²) in [5, 5.41) is 2.64. The minimum absolute atomic E-state index is 1.02. The van der Waals surface area contributed by atoms with E-state index in [0.717, 1.165) is 6.42 Å². The second kappa shape index (κ2) is 4.60. The summed E-state index contributed by atoms with van der Waals surface area (Å²) in [4.78, 5) is 0. The predicted octanol–water partition coefficient (Wildman–Crippen LogP) is 4.33. The van der Waals surface area contributed by atoms with Gasteiger partial charge in [-0.05, 0) is 26.8 Å². The third-order valence-electron chi connectivity index (χ3n) is 2.26. The van der Waals surface area contributed by atoms with Gasteiger partial charge in [-0.25, -0.2) is 0 Å².